The maximum atomic E-state index is 12.1. The highest BCUT2D eigenvalue weighted by Gasteiger charge is 2.53. The van der Waals surface area contributed by atoms with Gasteiger partial charge in [-0.25, -0.2) is 4.79 Å². The second-order valence-corrected chi connectivity index (χ2v) is 9.18. The van der Waals surface area contributed by atoms with Crippen LogP contribution in [-0.2, 0) is 11.3 Å². The highest BCUT2D eigenvalue weighted by Crippen LogP contribution is 2.55. The number of ether oxygens (including phenoxy) is 3. The number of hydrogen-bond donors (Lipinski definition) is 0. The molecule has 35 heavy (non-hydrogen) atoms. The highest BCUT2D eigenvalue weighted by molar-refractivity contribution is 5.66. The van der Waals surface area contributed by atoms with Gasteiger partial charge in [0.15, 0.2) is 5.76 Å². The van der Waals surface area contributed by atoms with Gasteiger partial charge in [-0.2, -0.15) is 0 Å². The molecule has 2 fully saturated rings. The van der Waals surface area contributed by atoms with Gasteiger partial charge in [0.2, 0.25) is 0 Å². The number of aryl methyl sites for hydroxylation is 1. The second kappa shape index (κ2) is 9.40. The maximum Gasteiger partial charge on any atom is 0.514 e. The van der Waals surface area contributed by atoms with Crippen molar-refractivity contribution >= 4 is 11.8 Å². The molecular formula is C26H26N2O7. The minimum Gasteiger partial charge on any atom is -0.490 e. The van der Waals surface area contributed by atoms with E-state index >= 15 is 0 Å². The summed E-state index contributed by atoms with van der Waals surface area (Å²) in [7, 11) is 0. The summed E-state index contributed by atoms with van der Waals surface area (Å²) in [5.41, 5.74) is 1.92. The van der Waals surface area contributed by atoms with Crippen LogP contribution in [0, 0.1) is 34.8 Å². The van der Waals surface area contributed by atoms with E-state index in [0.29, 0.717) is 22.9 Å². The lowest BCUT2D eigenvalue weighted by molar-refractivity contribution is -0.384. The fourth-order valence-electron chi connectivity index (χ4n) is 5.07. The quantitative estimate of drug-likeness (QED) is 0.173. The summed E-state index contributed by atoms with van der Waals surface area (Å²) >= 11 is 0. The molecule has 0 amide bonds. The molecule has 0 aliphatic heterocycles. The van der Waals surface area contributed by atoms with Gasteiger partial charge in [0, 0.05) is 23.6 Å². The molecule has 0 radical (unpaired) electrons. The normalized spacial score (nSPS) is 22.7. The average molecular weight is 479 g/mol. The van der Waals surface area contributed by atoms with Gasteiger partial charge < -0.3 is 18.7 Å². The van der Waals surface area contributed by atoms with Crippen LogP contribution in [0.3, 0.4) is 0 Å². The molecule has 9 nitrogen and oxygen atoms in total. The van der Waals surface area contributed by atoms with E-state index in [1.807, 2.05) is 24.3 Å². The third kappa shape index (κ3) is 4.84. The molecule has 9 heteroatoms. The number of nitro benzene ring substituents is 1. The van der Waals surface area contributed by atoms with E-state index < -0.39 is 11.1 Å². The lowest BCUT2D eigenvalue weighted by Gasteiger charge is -2.23. The van der Waals surface area contributed by atoms with Crippen LogP contribution < -0.4 is 9.47 Å². The molecule has 2 aliphatic carbocycles. The molecule has 182 valence electrons. The van der Waals surface area contributed by atoms with Gasteiger partial charge >= 0.3 is 6.16 Å². The van der Waals surface area contributed by atoms with Crippen molar-refractivity contribution in [3.63, 3.8) is 0 Å². The third-order valence-corrected chi connectivity index (χ3v) is 7.06. The number of carbonyl (C=O) groups excluding carboxylic acids is 1. The van der Waals surface area contributed by atoms with E-state index in [1.54, 1.807) is 6.92 Å². The number of benzene rings is 2. The summed E-state index contributed by atoms with van der Waals surface area (Å²) in [6.45, 7) is 3.98. The molecule has 1 aromatic heterocycles. The minimum atomic E-state index is -0.936. The van der Waals surface area contributed by atoms with Crippen LogP contribution in [-0.4, -0.2) is 22.3 Å². The SMILES string of the molecule is Cc1noc(-c2ccc(OC3CCCC4C(C)C34)cc2)c1COC(=O)Oc1ccc([N+](=O)[O-])cc1. The van der Waals surface area contributed by atoms with Crippen molar-refractivity contribution in [1.29, 1.82) is 0 Å². The molecule has 2 saturated carbocycles. The Kier molecular flexibility index (Phi) is 6.15. The first-order valence-corrected chi connectivity index (χ1v) is 11.7. The van der Waals surface area contributed by atoms with Crippen LogP contribution in [0.2, 0.25) is 0 Å². The number of non-ortho nitro benzene ring substituents is 1. The van der Waals surface area contributed by atoms with Gasteiger partial charge in [0.25, 0.3) is 5.69 Å². The summed E-state index contributed by atoms with van der Waals surface area (Å²) in [4.78, 5) is 22.3. The molecule has 0 saturated heterocycles. The fourth-order valence-corrected chi connectivity index (χ4v) is 5.07. The molecule has 4 atom stereocenters. The predicted molar refractivity (Wildman–Crippen MR) is 125 cm³/mol. The van der Waals surface area contributed by atoms with Gasteiger partial charge in [0.1, 0.15) is 24.2 Å². The predicted octanol–water partition coefficient (Wildman–Crippen LogP) is 6.09. The maximum absolute atomic E-state index is 12.1. The van der Waals surface area contributed by atoms with Gasteiger partial charge in [-0.05, 0) is 74.4 Å². The van der Waals surface area contributed by atoms with Crippen molar-refractivity contribution in [2.45, 2.75) is 45.8 Å². The second-order valence-electron chi connectivity index (χ2n) is 9.18. The first kappa shape index (κ1) is 22.9. The fraction of sp³-hybridized carbons (Fsp3) is 0.385. The number of rotatable bonds is 7. The van der Waals surface area contributed by atoms with Gasteiger partial charge in [-0.3, -0.25) is 10.1 Å². The van der Waals surface area contributed by atoms with Crippen LogP contribution in [0.25, 0.3) is 11.3 Å². The lowest BCUT2D eigenvalue weighted by Crippen LogP contribution is -2.23. The Hall–Kier alpha value is -3.88. The van der Waals surface area contributed by atoms with E-state index in [0.717, 1.165) is 29.6 Å². The van der Waals surface area contributed by atoms with Crippen molar-refractivity contribution < 1.29 is 28.5 Å². The zero-order valence-corrected chi connectivity index (χ0v) is 19.5. The number of carbonyl (C=O) groups is 1. The highest BCUT2D eigenvalue weighted by atomic mass is 16.7. The molecular weight excluding hydrogens is 452 g/mol. The smallest absolute Gasteiger partial charge is 0.490 e. The summed E-state index contributed by atoms with van der Waals surface area (Å²) in [5.74, 6) is 3.73. The Morgan fingerprint density at radius 3 is 2.54 bits per heavy atom. The van der Waals surface area contributed by atoms with E-state index in [-0.39, 0.29) is 24.1 Å². The number of nitro groups is 1. The first-order valence-electron chi connectivity index (χ1n) is 11.7. The van der Waals surface area contributed by atoms with Gasteiger partial charge in [-0.15, -0.1) is 0 Å². The number of hydrogen-bond acceptors (Lipinski definition) is 8. The van der Waals surface area contributed by atoms with E-state index in [4.69, 9.17) is 18.7 Å². The molecule has 5 rings (SSSR count). The van der Waals surface area contributed by atoms with Gasteiger partial charge in [0.05, 0.1) is 16.2 Å². The molecule has 2 aromatic carbocycles. The Labute approximate surface area is 202 Å². The van der Waals surface area contributed by atoms with Crippen LogP contribution in [0.1, 0.15) is 37.4 Å². The van der Waals surface area contributed by atoms with Crippen LogP contribution in [0.5, 0.6) is 11.5 Å². The number of nitrogens with zero attached hydrogens (tertiary/aromatic N) is 2. The molecule has 4 unspecified atom stereocenters. The van der Waals surface area contributed by atoms with Gasteiger partial charge in [-0.1, -0.05) is 12.1 Å². The minimum absolute atomic E-state index is 0.0994. The first-order chi connectivity index (χ1) is 16.9. The van der Waals surface area contributed by atoms with Crippen LogP contribution in [0.15, 0.2) is 53.1 Å². The Balaban J connectivity index is 1.20. The molecule has 2 aliphatic rings. The summed E-state index contributed by atoms with van der Waals surface area (Å²) in [5, 5.41) is 14.8. The molecule has 0 spiro atoms. The van der Waals surface area contributed by atoms with Crippen molar-refractivity contribution in [3.05, 3.63) is 69.9 Å². The van der Waals surface area contributed by atoms with E-state index in [2.05, 4.69) is 12.1 Å². The zero-order valence-electron chi connectivity index (χ0n) is 19.5. The summed E-state index contributed by atoms with van der Waals surface area (Å²) in [6, 6.07) is 12.8. The van der Waals surface area contributed by atoms with Crippen LogP contribution >= 0.6 is 0 Å². The Morgan fingerprint density at radius 1 is 1.11 bits per heavy atom. The Morgan fingerprint density at radius 2 is 1.83 bits per heavy atom. The molecule has 0 bridgehead atoms. The molecule has 0 N–H and O–H groups in total. The Bertz CT molecular complexity index is 1220. The van der Waals surface area contributed by atoms with Crippen molar-refractivity contribution in [2.75, 3.05) is 0 Å². The standard InChI is InChI=1S/C26H26N2O7/c1-15-21-4-3-5-23(24(15)21)33-19-10-6-17(7-11-19)25-22(16(2)27-35-25)14-32-26(29)34-20-12-8-18(9-13-20)28(30)31/h6-13,15,21,23-24H,3-5,14H2,1-2H3. The lowest BCUT2D eigenvalue weighted by atomic mass is 9.98. The number of aromatic nitrogens is 1. The van der Waals surface area contributed by atoms with E-state index in [9.17, 15) is 14.9 Å². The molecule has 1 heterocycles. The third-order valence-electron chi connectivity index (χ3n) is 7.06. The largest absolute Gasteiger partial charge is 0.514 e. The summed E-state index contributed by atoms with van der Waals surface area (Å²) < 4.78 is 22.1. The zero-order chi connectivity index (χ0) is 24.5. The van der Waals surface area contributed by atoms with Crippen molar-refractivity contribution in [1.82, 2.24) is 5.16 Å². The number of fused-ring (bicyclic) bond motifs is 1. The van der Waals surface area contributed by atoms with Crippen LogP contribution in [0.4, 0.5) is 10.5 Å². The topological polar surface area (TPSA) is 114 Å². The average Bonchev–Trinajstić information content (AvgIpc) is 3.37. The molecule has 3 aromatic rings. The van der Waals surface area contributed by atoms with Crippen molar-refractivity contribution in [2.24, 2.45) is 17.8 Å². The van der Waals surface area contributed by atoms with E-state index in [1.165, 1.54) is 37.1 Å². The van der Waals surface area contributed by atoms with Crippen molar-refractivity contribution in [3.8, 4) is 22.8 Å². The monoisotopic (exact) mass is 478 g/mol. The summed E-state index contributed by atoms with van der Waals surface area (Å²) in [6.07, 6.45) is 3.00.